The zero-order valence-electron chi connectivity index (χ0n) is 12.6. The van der Waals surface area contributed by atoms with Crippen LogP contribution >= 0.6 is 24.0 Å². The molecule has 0 unspecified atom stereocenters. The largest absolute Gasteiger partial charge is 0.465 e. The lowest BCUT2D eigenvalue weighted by atomic mass is 9.93. The molecule has 0 aliphatic heterocycles. The minimum atomic E-state index is -3.73. The second-order valence-electron chi connectivity index (χ2n) is 5.37. The van der Waals surface area contributed by atoms with Crippen molar-refractivity contribution in [1.29, 1.82) is 0 Å². The molecular weight excluding hydrogens is 363 g/mol. The predicted molar refractivity (Wildman–Crippen MR) is 90.6 cm³/mol. The van der Waals surface area contributed by atoms with Gasteiger partial charge in [0.25, 0.3) is 0 Å². The van der Waals surface area contributed by atoms with Crippen LogP contribution in [-0.2, 0) is 14.8 Å². The average Bonchev–Trinajstić information content (AvgIpc) is 2.48. The highest BCUT2D eigenvalue weighted by Crippen LogP contribution is 2.25. The van der Waals surface area contributed by atoms with Crippen molar-refractivity contribution < 1.29 is 17.9 Å². The summed E-state index contributed by atoms with van der Waals surface area (Å²) in [6, 6.07) is 3.98. The monoisotopic (exact) mass is 382 g/mol. The lowest BCUT2D eigenvalue weighted by Gasteiger charge is -2.26. The Bertz CT molecular complexity index is 659. The zero-order chi connectivity index (χ0) is 16.3. The summed E-state index contributed by atoms with van der Waals surface area (Å²) in [7, 11) is -2.49. The molecule has 0 bridgehead atoms. The van der Waals surface area contributed by atoms with Gasteiger partial charge in [-0.2, -0.15) is 0 Å². The number of esters is 1. The summed E-state index contributed by atoms with van der Waals surface area (Å²) in [6.45, 7) is 0. The number of methoxy groups -OCH3 is 1. The van der Waals surface area contributed by atoms with Crippen LogP contribution in [0.1, 0.15) is 36.0 Å². The number of ether oxygens (including phenoxy) is 1. The van der Waals surface area contributed by atoms with Crippen LogP contribution in [0.4, 0.5) is 0 Å². The summed E-state index contributed by atoms with van der Waals surface area (Å²) in [6.07, 6.45) is 3.00. The van der Waals surface area contributed by atoms with E-state index in [-0.39, 0.29) is 40.0 Å². The molecule has 0 saturated heterocycles. The first-order chi connectivity index (χ1) is 10.3. The number of benzene rings is 1. The topological polar surface area (TPSA) is 98.5 Å². The van der Waals surface area contributed by atoms with Crippen LogP contribution in [0.5, 0.6) is 0 Å². The number of halogens is 2. The summed E-state index contributed by atoms with van der Waals surface area (Å²) in [5.74, 6) is -0.569. The maximum atomic E-state index is 12.4. The molecule has 1 aliphatic carbocycles. The van der Waals surface area contributed by atoms with E-state index in [4.69, 9.17) is 17.3 Å². The van der Waals surface area contributed by atoms with E-state index < -0.39 is 16.0 Å². The molecule has 0 spiro atoms. The van der Waals surface area contributed by atoms with E-state index >= 15 is 0 Å². The Morgan fingerprint density at radius 2 is 1.91 bits per heavy atom. The van der Waals surface area contributed by atoms with Crippen LogP contribution in [0.15, 0.2) is 23.1 Å². The third-order valence-electron chi connectivity index (χ3n) is 3.74. The van der Waals surface area contributed by atoms with Gasteiger partial charge >= 0.3 is 5.97 Å². The van der Waals surface area contributed by atoms with Crippen LogP contribution in [-0.4, -0.2) is 33.6 Å². The first-order valence-corrected chi connectivity index (χ1v) is 8.85. The molecule has 0 aromatic heterocycles. The number of sulfonamides is 1. The number of nitrogens with one attached hydrogen (secondary N) is 1. The molecule has 2 rings (SSSR count). The highest BCUT2D eigenvalue weighted by Gasteiger charge is 2.26. The number of carbonyl (C=O) groups is 1. The summed E-state index contributed by atoms with van der Waals surface area (Å²) in [4.78, 5) is 11.4. The van der Waals surface area contributed by atoms with Crippen molar-refractivity contribution in [3.05, 3.63) is 28.8 Å². The lowest BCUT2D eigenvalue weighted by molar-refractivity contribution is 0.0600. The third-order valence-corrected chi connectivity index (χ3v) is 5.74. The predicted octanol–water partition coefficient (Wildman–Crippen LogP) is 2.10. The number of rotatable bonds is 4. The number of nitrogens with two attached hydrogens (primary N) is 1. The van der Waals surface area contributed by atoms with Crippen LogP contribution in [0.2, 0.25) is 5.02 Å². The highest BCUT2D eigenvalue weighted by molar-refractivity contribution is 7.89. The molecule has 1 fully saturated rings. The van der Waals surface area contributed by atoms with E-state index in [1.165, 1.54) is 25.3 Å². The van der Waals surface area contributed by atoms with Gasteiger partial charge in [0.05, 0.1) is 17.7 Å². The Balaban J connectivity index is 0.00000264. The molecular formula is C14H20Cl2N2O4S. The minimum absolute atomic E-state index is 0. The van der Waals surface area contributed by atoms with Gasteiger partial charge in [-0.25, -0.2) is 17.9 Å². The highest BCUT2D eigenvalue weighted by atomic mass is 35.5. The smallest absolute Gasteiger partial charge is 0.337 e. The van der Waals surface area contributed by atoms with Crippen molar-refractivity contribution >= 4 is 40.0 Å². The van der Waals surface area contributed by atoms with Gasteiger partial charge in [0, 0.05) is 12.1 Å². The molecule has 1 saturated carbocycles. The normalized spacial score (nSPS) is 21.3. The van der Waals surface area contributed by atoms with Crippen molar-refractivity contribution in [2.24, 2.45) is 5.73 Å². The Morgan fingerprint density at radius 1 is 1.30 bits per heavy atom. The van der Waals surface area contributed by atoms with E-state index in [2.05, 4.69) is 9.46 Å². The van der Waals surface area contributed by atoms with E-state index in [1.54, 1.807) is 0 Å². The quantitative estimate of drug-likeness (QED) is 0.776. The fraction of sp³-hybridized carbons (Fsp3) is 0.500. The number of hydrogen-bond acceptors (Lipinski definition) is 5. The molecule has 1 aromatic rings. The van der Waals surface area contributed by atoms with Gasteiger partial charge in [-0.05, 0) is 43.9 Å². The number of hydrogen-bond donors (Lipinski definition) is 2. The zero-order valence-corrected chi connectivity index (χ0v) is 15.0. The average molecular weight is 383 g/mol. The molecule has 6 nitrogen and oxygen atoms in total. The molecule has 0 atom stereocenters. The molecule has 0 heterocycles. The van der Waals surface area contributed by atoms with Gasteiger partial charge in [-0.3, -0.25) is 0 Å². The second-order valence-corrected chi connectivity index (χ2v) is 7.46. The standard InChI is InChI=1S/C14H19ClN2O4S.ClH/c1-21-14(18)9-2-7-13(12(15)8-9)22(19,20)17-11-5-3-10(16)4-6-11;/h2,7-8,10-11,17H,3-6,16H2,1H3;1H. The van der Waals surface area contributed by atoms with Crippen molar-refractivity contribution in [3.63, 3.8) is 0 Å². The Labute approximate surface area is 147 Å². The maximum Gasteiger partial charge on any atom is 0.337 e. The molecule has 3 N–H and O–H groups in total. The van der Waals surface area contributed by atoms with Gasteiger partial charge in [0.1, 0.15) is 4.90 Å². The molecule has 130 valence electrons. The SMILES string of the molecule is COC(=O)c1ccc(S(=O)(=O)NC2CCC(N)CC2)c(Cl)c1.Cl. The first-order valence-electron chi connectivity index (χ1n) is 6.99. The van der Waals surface area contributed by atoms with E-state index in [0.29, 0.717) is 12.8 Å². The molecule has 1 aliphatic rings. The van der Waals surface area contributed by atoms with Gasteiger partial charge in [-0.15, -0.1) is 12.4 Å². The first kappa shape index (κ1) is 20.2. The third kappa shape index (κ3) is 5.06. The van der Waals surface area contributed by atoms with Crippen LogP contribution in [0, 0.1) is 0 Å². The molecule has 9 heteroatoms. The van der Waals surface area contributed by atoms with Crippen molar-refractivity contribution in [2.75, 3.05) is 7.11 Å². The second kappa shape index (κ2) is 8.30. The van der Waals surface area contributed by atoms with E-state index in [9.17, 15) is 13.2 Å². The van der Waals surface area contributed by atoms with Crippen molar-refractivity contribution in [3.8, 4) is 0 Å². The molecule has 1 aromatic carbocycles. The summed E-state index contributed by atoms with van der Waals surface area (Å²) >= 11 is 6.01. The van der Waals surface area contributed by atoms with Crippen molar-refractivity contribution in [2.45, 2.75) is 42.7 Å². The number of carbonyl (C=O) groups excluding carboxylic acids is 1. The van der Waals surface area contributed by atoms with Crippen LogP contribution in [0.3, 0.4) is 0 Å². The fourth-order valence-electron chi connectivity index (χ4n) is 2.48. The molecule has 0 radical (unpaired) electrons. The fourth-order valence-corrected chi connectivity index (χ4v) is 4.33. The Hall–Kier alpha value is -0.860. The van der Waals surface area contributed by atoms with E-state index in [0.717, 1.165) is 12.8 Å². The maximum absolute atomic E-state index is 12.4. The summed E-state index contributed by atoms with van der Waals surface area (Å²) < 4.78 is 32.0. The van der Waals surface area contributed by atoms with Gasteiger partial charge in [0.15, 0.2) is 0 Å². The minimum Gasteiger partial charge on any atom is -0.465 e. The van der Waals surface area contributed by atoms with Crippen LogP contribution < -0.4 is 10.5 Å². The van der Waals surface area contributed by atoms with Crippen molar-refractivity contribution in [1.82, 2.24) is 4.72 Å². The molecule has 23 heavy (non-hydrogen) atoms. The summed E-state index contributed by atoms with van der Waals surface area (Å²) in [5, 5.41) is -0.0112. The Kier molecular flexibility index (Phi) is 7.29. The van der Waals surface area contributed by atoms with Gasteiger partial charge < -0.3 is 10.5 Å². The van der Waals surface area contributed by atoms with Gasteiger partial charge in [0.2, 0.25) is 10.0 Å². The molecule has 0 amide bonds. The lowest BCUT2D eigenvalue weighted by Crippen LogP contribution is -2.40. The summed E-state index contributed by atoms with van der Waals surface area (Å²) in [5.41, 5.74) is 6.02. The Morgan fingerprint density at radius 3 is 2.43 bits per heavy atom. The van der Waals surface area contributed by atoms with Gasteiger partial charge in [-0.1, -0.05) is 11.6 Å². The van der Waals surface area contributed by atoms with E-state index in [1.807, 2.05) is 0 Å². The van der Waals surface area contributed by atoms with Crippen LogP contribution in [0.25, 0.3) is 0 Å².